The highest BCUT2D eigenvalue weighted by atomic mass is 32.2. The minimum atomic E-state index is -0.767. The maximum absolute atomic E-state index is 11.6. The van der Waals surface area contributed by atoms with Gasteiger partial charge in [-0.05, 0) is 25.5 Å². The normalized spacial score (nSPS) is 13.5. The monoisotopic (exact) mass is 420 g/mol. The molecule has 26 heavy (non-hydrogen) atoms. The maximum Gasteiger partial charge on any atom is 0.319 e. The zero-order chi connectivity index (χ0) is 19.7. The highest BCUT2D eigenvalue weighted by Gasteiger charge is 2.34. The molecule has 0 rings (SSSR count). The van der Waals surface area contributed by atoms with Crippen molar-refractivity contribution in [2.45, 2.75) is 115 Å². The van der Waals surface area contributed by atoms with Crippen molar-refractivity contribution in [2.75, 3.05) is 5.75 Å². The Morgan fingerprint density at radius 2 is 1.31 bits per heavy atom. The highest BCUT2D eigenvalue weighted by Crippen LogP contribution is 2.36. The average molecular weight is 421 g/mol. The Morgan fingerprint density at radius 3 is 1.81 bits per heavy atom. The van der Waals surface area contributed by atoms with Gasteiger partial charge in [0.05, 0.1) is 0 Å². The highest BCUT2D eigenvalue weighted by molar-refractivity contribution is 8.47. The maximum atomic E-state index is 11.6. The summed E-state index contributed by atoms with van der Waals surface area (Å²) < 4.78 is 0.0270. The summed E-state index contributed by atoms with van der Waals surface area (Å²) in [7, 11) is 0. The van der Waals surface area contributed by atoms with Gasteiger partial charge in [0.2, 0.25) is 0 Å². The first-order valence-corrected chi connectivity index (χ1v) is 12.8. The van der Waals surface area contributed by atoms with Crippen LogP contribution in [-0.4, -0.2) is 25.1 Å². The first kappa shape index (κ1) is 26.3. The fraction of sp³-hybridized carbons (Fsp3) is 0.905. The number of hydrogen-bond acceptors (Lipinski definition) is 4. The second-order valence-electron chi connectivity index (χ2n) is 7.38. The van der Waals surface area contributed by atoms with E-state index >= 15 is 0 Å². The van der Waals surface area contributed by atoms with Gasteiger partial charge < -0.3 is 5.11 Å². The van der Waals surface area contributed by atoms with Crippen LogP contribution in [0.15, 0.2) is 0 Å². The van der Waals surface area contributed by atoms with E-state index in [0.29, 0.717) is 6.42 Å². The Kier molecular flexibility index (Phi) is 17.5. The lowest BCUT2D eigenvalue weighted by molar-refractivity contribution is -0.139. The van der Waals surface area contributed by atoms with E-state index in [2.05, 4.69) is 13.8 Å². The fourth-order valence-electron chi connectivity index (χ4n) is 2.87. The zero-order valence-corrected chi connectivity index (χ0v) is 19.6. The van der Waals surface area contributed by atoms with E-state index in [1.807, 2.05) is 6.92 Å². The van der Waals surface area contributed by atoms with Crippen LogP contribution < -0.4 is 0 Å². The minimum Gasteiger partial charge on any atom is -0.480 e. The fourth-order valence-corrected chi connectivity index (χ4v) is 5.93. The van der Waals surface area contributed by atoms with Crippen LogP contribution in [0.1, 0.15) is 111 Å². The molecule has 0 aromatic rings. The van der Waals surface area contributed by atoms with Gasteiger partial charge in [0, 0.05) is 0 Å². The van der Waals surface area contributed by atoms with Crippen LogP contribution in [0.3, 0.4) is 0 Å². The summed E-state index contributed by atoms with van der Waals surface area (Å²) in [6.45, 7) is 6.22. The molecule has 1 N–H and O–H groups in total. The van der Waals surface area contributed by atoms with Gasteiger partial charge >= 0.3 is 5.97 Å². The molecule has 0 aromatic heterocycles. The lowest BCUT2D eigenvalue weighted by Crippen LogP contribution is -2.32. The molecule has 0 fully saturated rings. The van der Waals surface area contributed by atoms with E-state index in [-0.39, 0.29) is 0 Å². The van der Waals surface area contributed by atoms with E-state index in [9.17, 15) is 9.90 Å². The third-order valence-corrected chi connectivity index (χ3v) is 7.67. The molecular formula is C21H40O2S3. The number of carboxylic acid groups (broad SMARTS) is 1. The van der Waals surface area contributed by atoms with Crippen molar-refractivity contribution >= 4 is 45.2 Å². The summed E-state index contributed by atoms with van der Waals surface area (Å²) in [6.07, 6.45) is 17.2. The smallest absolute Gasteiger partial charge is 0.319 e. The number of carbonyl (C=O) groups is 1. The van der Waals surface area contributed by atoms with Crippen molar-refractivity contribution in [1.29, 1.82) is 0 Å². The van der Waals surface area contributed by atoms with Crippen molar-refractivity contribution in [1.82, 2.24) is 0 Å². The van der Waals surface area contributed by atoms with E-state index in [4.69, 9.17) is 12.2 Å². The Labute approximate surface area is 176 Å². The Bertz CT molecular complexity index is 374. The van der Waals surface area contributed by atoms with E-state index in [0.717, 1.165) is 28.5 Å². The molecule has 0 radical (unpaired) electrons. The number of rotatable bonds is 17. The number of carboxylic acids is 1. The Hall–Kier alpha value is 0.260. The summed E-state index contributed by atoms with van der Waals surface area (Å²) in [5, 5.41) is 9.55. The average Bonchev–Trinajstić information content (AvgIpc) is 2.59. The predicted octanol–water partition coefficient (Wildman–Crippen LogP) is 8.08. The van der Waals surface area contributed by atoms with Gasteiger partial charge in [-0.2, -0.15) is 0 Å². The molecule has 0 saturated heterocycles. The van der Waals surface area contributed by atoms with Gasteiger partial charge in [-0.15, -0.1) is 11.8 Å². The molecular weight excluding hydrogens is 380 g/mol. The summed E-state index contributed by atoms with van der Waals surface area (Å²) in [5.41, 5.74) is 0. The molecule has 1 atom stereocenters. The lowest BCUT2D eigenvalue weighted by Gasteiger charge is -2.24. The van der Waals surface area contributed by atoms with Crippen molar-refractivity contribution in [2.24, 2.45) is 0 Å². The van der Waals surface area contributed by atoms with Crippen LogP contribution in [0.25, 0.3) is 0 Å². The molecule has 0 aromatic carbocycles. The lowest BCUT2D eigenvalue weighted by atomic mass is 10.0. The third kappa shape index (κ3) is 14.3. The number of thiocarbonyl (C=S) groups is 1. The standard InChI is InChI=1S/C21H40O2S3/c1-4-6-8-9-10-11-12-13-14-16-18-25-20(24)26-21(3,19(22)23)17-15-7-5-2/h4-18H2,1-3H3,(H,22,23). The largest absolute Gasteiger partial charge is 0.480 e. The molecule has 0 aliphatic heterocycles. The van der Waals surface area contributed by atoms with Gasteiger partial charge in [0.25, 0.3) is 0 Å². The molecule has 0 heterocycles. The predicted molar refractivity (Wildman–Crippen MR) is 125 cm³/mol. The van der Waals surface area contributed by atoms with Crippen molar-refractivity contribution in [3.05, 3.63) is 0 Å². The summed E-state index contributed by atoms with van der Waals surface area (Å²) >= 11 is 8.48. The van der Waals surface area contributed by atoms with Gasteiger partial charge in [0.15, 0.2) is 0 Å². The van der Waals surface area contributed by atoms with E-state index < -0.39 is 10.7 Å². The molecule has 0 saturated carbocycles. The number of thioether (sulfide) groups is 2. The van der Waals surface area contributed by atoms with Crippen LogP contribution in [0.4, 0.5) is 0 Å². The number of unbranched alkanes of at least 4 members (excludes halogenated alkanes) is 11. The molecule has 0 aliphatic rings. The summed E-state index contributed by atoms with van der Waals surface area (Å²) in [6, 6.07) is 0. The van der Waals surface area contributed by atoms with E-state index in [1.165, 1.54) is 76.0 Å². The van der Waals surface area contributed by atoms with E-state index in [1.54, 1.807) is 11.8 Å². The molecule has 0 amide bonds. The SMILES string of the molecule is CCCCCCCCCCCCSC(=S)SC(C)(CCCCC)C(=O)O. The first-order chi connectivity index (χ1) is 12.5. The summed E-state index contributed by atoms with van der Waals surface area (Å²) in [4.78, 5) is 11.6. The van der Waals surface area contributed by atoms with Crippen molar-refractivity contribution < 1.29 is 9.90 Å². The van der Waals surface area contributed by atoms with Crippen molar-refractivity contribution in [3.8, 4) is 0 Å². The zero-order valence-electron chi connectivity index (χ0n) is 17.2. The van der Waals surface area contributed by atoms with Crippen LogP contribution in [0.2, 0.25) is 0 Å². The first-order valence-electron chi connectivity index (χ1n) is 10.6. The quantitative estimate of drug-likeness (QED) is 0.190. The third-order valence-electron chi connectivity index (χ3n) is 4.74. The van der Waals surface area contributed by atoms with Crippen LogP contribution >= 0.6 is 35.7 Å². The van der Waals surface area contributed by atoms with Gasteiger partial charge in [0.1, 0.15) is 8.28 Å². The molecule has 2 nitrogen and oxygen atoms in total. The van der Waals surface area contributed by atoms with Crippen LogP contribution in [0.5, 0.6) is 0 Å². The Morgan fingerprint density at radius 1 is 0.846 bits per heavy atom. The second-order valence-corrected chi connectivity index (χ2v) is 11.2. The summed E-state index contributed by atoms with van der Waals surface area (Å²) in [5.74, 6) is 0.285. The van der Waals surface area contributed by atoms with Crippen molar-refractivity contribution in [3.63, 3.8) is 0 Å². The Balaban J connectivity index is 3.72. The second kappa shape index (κ2) is 17.4. The number of aliphatic carboxylic acids is 1. The molecule has 0 spiro atoms. The van der Waals surface area contributed by atoms with Gasteiger partial charge in [-0.3, -0.25) is 4.79 Å². The molecule has 5 heteroatoms. The molecule has 0 aliphatic carbocycles. The molecule has 0 bridgehead atoms. The van der Waals surface area contributed by atoms with Gasteiger partial charge in [-0.1, -0.05) is 115 Å². The van der Waals surface area contributed by atoms with Gasteiger partial charge in [-0.25, -0.2) is 0 Å². The topological polar surface area (TPSA) is 37.3 Å². The molecule has 1 unspecified atom stereocenters. The molecule has 154 valence electrons. The minimum absolute atomic E-state index is 0.694. The van der Waals surface area contributed by atoms with Crippen LogP contribution in [-0.2, 0) is 4.79 Å². The number of hydrogen-bond donors (Lipinski definition) is 1. The van der Waals surface area contributed by atoms with Crippen LogP contribution in [0, 0.1) is 0 Å².